The van der Waals surface area contributed by atoms with Crippen molar-refractivity contribution >= 4 is 23.0 Å². The summed E-state index contributed by atoms with van der Waals surface area (Å²) >= 11 is 5.76. The molecule has 0 aliphatic carbocycles. The molecule has 0 unspecified atom stereocenters. The van der Waals surface area contributed by atoms with Gasteiger partial charge in [-0.05, 0) is 86.2 Å². The van der Waals surface area contributed by atoms with Crippen LogP contribution in [0.15, 0.2) is 79.1 Å². The van der Waals surface area contributed by atoms with Gasteiger partial charge in [0.15, 0.2) is 5.11 Å². The van der Waals surface area contributed by atoms with Gasteiger partial charge in [-0.25, -0.2) is 9.37 Å². The lowest BCUT2D eigenvalue weighted by atomic mass is 9.96. The van der Waals surface area contributed by atoms with Crippen LogP contribution in [0.2, 0.25) is 0 Å². The topological polar surface area (TPSA) is 46.0 Å². The first-order chi connectivity index (χ1) is 15.5. The van der Waals surface area contributed by atoms with Crippen LogP contribution in [-0.4, -0.2) is 19.6 Å². The summed E-state index contributed by atoms with van der Waals surface area (Å²) in [4.78, 5) is 11.2. The Kier molecular flexibility index (Phi) is 5.19. The number of nitrogens with zero attached hydrogens (tertiary/aromatic N) is 4. The first-order valence-electron chi connectivity index (χ1n) is 10.4. The fourth-order valence-corrected chi connectivity index (χ4v) is 4.82. The summed E-state index contributed by atoms with van der Waals surface area (Å²) < 4.78 is 15.8. The number of anilines is 1. The largest absolute Gasteiger partial charge is 0.351 e. The summed E-state index contributed by atoms with van der Waals surface area (Å²) in [6, 6.07) is 20.0. The molecule has 7 heteroatoms. The fourth-order valence-electron chi connectivity index (χ4n) is 4.48. The van der Waals surface area contributed by atoms with Crippen molar-refractivity contribution in [2.24, 2.45) is 0 Å². The highest BCUT2D eigenvalue weighted by Gasteiger charge is 2.42. The molecule has 5 rings (SSSR count). The number of benzene rings is 1. The van der Waals surface area contributed by atoms with Gasteiger partial charge in [-0.15, -0.1) is 0 Å². The standard InChI is InChI=1S/C25H22FN5S/c1-16-15-20(17(2)30(16)22-8-4-6-14-28-22)24-23(21-7-3-5-13-27-21)29-25(32)31(24)19-11-9-18(26)10-12-19/h3-15,23-24H,1-2H3,(H,29,32)/t23-,24-/m1/s1. The van der Waals surface area contributed by atoms with E-state index in [1.165, 1.54) is 12.1 Å². The SMILES string of the molecule is Cc1cc([C@@H]2[C@@H](c3ccccn3)NC(=S)N2c2ccc(F)cc2)c(C)n1-c1ccccn1. The normalized spacial score (nSPS) is 18.1. The minimum Gasteiger partial charge on any atom is -0.351 e. The second-order valence-corrected chi connectivity index (χ2v) is 8.21. The van der Waals surface area contributed by atoms with Crippen LogP contribution in [0, 0.1) is 19.7 Å². The van der Waals surface area contributed by atoms with E-state index in [1.807, 2.05) is 36.4 Å². The third-order valence-corrected chi connectivity index (χ3v) is 6.18. The third-order valence-electron chi connectivity index (χ3n) is 5.87. The van der Waals surface area contributed by atoms with Crippen LogP contribution >= 0.6 is 12.2 Å². The maximum atomic E-state index is 13.7. The third kappa shape index (κ3) is 3.44. The number of aryl methyl sites for hydroxylation is 1. The van der Waals surface area contributed by atoms with Gasteiger partial charge in [0.2, 0.25) is 0 Å². The first kappa shape index (κ1) is 20.3. The highest BCUT2D eigenvalue weighted by atomic mass is 32.1. The Bertz CT molecular complexity index is 1260. The van der Waals surface area contributed by atoms with Crippen molar-refractivity contribution < 1.29 is 4.39 Å². The van der Waals surface area contributed by atoms with Crippen molar-refractivity contribution in [3.05, 3.63) is 108 Å². The zero-order chi connectivity index (χ0) is 22.2. The smallest absolute Gasteiger partial charge is 0.174 e. The Labute approximate surface area is 191 Å². The van der Waals surface area contributed by atoms with Gasteiger partial charge in [0, 0.05) is 29.5 Å². The molecule has 1 aliphatic rings. The average Bonchev–Trinajstić information content (AvgIpc) is 3.31. The van der Waals surface area contributed by atoms with E-state index < -0.39 is 0 Å². The van der Waals surface area contributed by atoms with E-state index in [1.54, 1.807) is 24.5 Å². The van der Waals surface area contributed by atoms with E-state index in [9.17, 15) is 4.39 Å². The first-order valence-corrected chi connectivity index (χ1v) is 10.8. The monoisotopic (exact) mass is 443 g/mol. The van der Waals surface area contributed by atoms with Gasteiger partial charge in [0.05, 0.1) is 17.8 Å². The summed E-state index contributed by atoms with van der Waals surface area (Å²) in [6.07, 6.45) is 3.58. The van der Waals surface area contributed by atoms with Crippen molar-refractivity contribution in [2.45, 2.75) is 25.9 Å². The molecular formula is C25H22FN5S. The molecule has 3 aromatic heterocycles. The Hall–Kier alpha value is -3.58. The Morgan fingerprint density at radius 3 is 2.31 bits per heavy atom. The molecule has 0 bridgehead atoms. The molecule has 1 aliphatic heterocycles. The molecule has 32 heavy (non-hydrogen) atoms. The lowest BCUT2D eigenvalue weighted by Crippen LogP contribution is -2.29. The highest BCUT2D eigenvalue weighted by Crippen LogP contribution is 2.43. The van der Waals surface area contributed by atoms with Crippen LogP contribution < -0.4 is 10.2 Å². The van der Waals surface area contributed by atoms with Gasteiger partial charge >= 0.3 is 0 Å². The molecular weight excluding hydrogens is 421 g/mol. The van der Waals surface area contributed by atoms with Gasteiger partial charge in [-0.3, -0.25) is 4.98 Å². The molecule has 1 N–H and O–H groups in total. The number of pyridine rings is 2. The molecule has 0 amide bonds. The quantitative estimate of drug-likeness (QED) is 0.439. The molecule has 160 valence electrons. The molecule has 0 spiro atoms. The van der Waals surface area contributed by atoms with Gasteiger partial charge in [-0.2, -0.15) is 0 Å². The van der Waals surface area contributed by atoms with Crippen LogP contribution in [0.4, 0.5) is 10.1 Å². The summed E-state index contributed by atoms with van der Waals surface area (Å²) in [5.41, 5.74) is 4.99. The van der Waals surface area contributed by atoms with Crippen LogP contribution in [0.1, 0.15) is 34.7 Å². The number of hydrogen-bond acceptors (Lipinski definition) is 3. The van der Waals surface area contributed by atoms with Crippen LogP contribution in [0.25, 0.3) is 5.82 Å². The second-order valence-electron chi connectivity index (χ2n) is 7.82. The van der Waals surface area contributed by atoms with E-state index in [2.05, 4.69) is 44.7 Å². The van der Waals surface area contributed by atoms with E-state index in [0.717, 1.165) is 34.2 Å². The summed E-state index contributed by atoms with van der Waals surface area (Å²) in [6.45, 7) is 4.17. The van der Waals surface area contributed by atoms with E-state index in [0.29, 0.717) is 5.11 Å². The summed E-state index contributed by atoms with van der Waals surface area (Å²) in [5.74, 6) is 0.586. The predicted octanol–water partition coefficient (Wildman–Crippen LogP) is 5.20. The molecule has 1 fully saturated rings. The van der Waals surface area contributed by atoms with Crippen molar-refractivity contribution in [1.82, 2.24) is 19.9 Å². The second kappa shape index (κ2) is 8.16. The molecule has 2 atom stereocenters. The molecule has 0 saturated carbocycles. The molecule has 1 saturated heterocycles. The van der Waals surface area contributed by atoms with E-state index in [4.69, 9.17) is 12.2 Å². The van der Waals surface area contributed by atoms with E-state index >= 15 is 0 Å². The van der Waals surface area contributed by atoms with Crippen molar-refractivity contribution in [3.8, 4) is 5.82 Å². The minimum absolute atomic E-state index is 0.161. The zero-order valence-electron chi connectivity index (χ0n) is 17.7. The predicted molar refractivity (Wildman–Crippen MR) is 127 cm³/mol. The zero-order valence-corrected chi connectivity index (χ0v) is 18.6. The molecule has 0 radical (unpaired) electrons. The number of halogens is 1. The molecule has 4 aromatic rings. The number of nitrogens with one attached hydrogen (secondary N) is 1. The van der Waals surface area contributed by atoms with Gasteiger partial charge in [0.25, 0.3) is 0 Å². The summed E-state index contributed by atoms with van der Waals surface area (Å²) in [5, 5.41) is 4.04. The number of aromatic nitrogens is 3. The van der Waals surface area contributed by atoms with Crippen LogP contribution in [0.3, 0.4) is 0 Å². The minimum atomic E-state index is -0.280. The number of thiocarbonyl (C=S) groups is 1. The maximum absolute atomic E-state index is 13.7. The maximum Gasteiger partial charge on any atom is 0.174 e. The Morgan fingerprint density at radius 1 is 0.938 bits per heavy atom. The number of rotatable bonds is 4. The number of hydrogen-bond donors (Lipinski definition) is 1. The van der Waals surface area contributed by atoms with Crippen molar-refractivity contribution in [1.29, 1.82) is 0 Å². The van der Waals surface area contributed by atoms with Gasteiger partial charge < -0.3 is 14.8 Å². The molecule has 5 nitrogen and oxygen atoms in total. The lowest BCUT2D eigenvalue weighted by Gasteiger charge is -2.28. The van der Waals surface area contributed by atoms with Crippen LogP contribution in [-0.2, 0) is 0 Å². The average molecular weight is 444 g/mol. The van der Waals surface area contributed by atoms with Gasteiger partial charge in [0.1, 0.15) is 11.6 Å². The van der Waals surface area contributed by atoms with Crippen molar-refractivity contribution in [3.63, 3.8) is 0 Å². The molecule has 4 heterocycles. The fraction of sp³-hybridized carbons (Fsp3) is 0.160. The van der Waals surface area contributed by atoms with Crippen LogP contribution in [0.5, 0.6) is 0 Å². The Balaban J connectivity index is 1.68. The summed E-state index contributed by atoms with van der Waals surface area (Å²) in [7, 11) is 0. The van der Waals surface area contributed by atoms with Gasteiger partial charge in [-0.1, -0.05) is 12.1 Å². The lowest BCUT2D eigenvalue weighted by molar-refractivity contribution is 0.565. The highest BCUT2D eigenvalue weighted by molar-refractivity contribution is 7.80. The van der Waals surface area contributed by atoms with Crippen molar-refractivity contribution in [2.75, 3.05) is 4.90 Å². The Morgan fingerprint density at radius 2 is 1.66 bits per heavy atom. The molecule has 1 aromatic carbocycles. The van der Waals surface area contributed by atoms with E-state index in [-0.39, 0.29) is 17.9 Å².